The average molecular weight is 344 g/mol. The van der Waals surface area contributed by atoms with Crippen molar-refractivity contribution in [2.75, 3.05) is 32.8 Å². The first-order valence-corrected chi connectivity index (χ1v) is 10.1. The third-order valence-electron chi connectivity index (χ3n) is 4.22. The number of amides is 1. The number of hydrogen-bond donors (Lipinski definition) is 4. The van der Waals surface area contributed by atoms with E-state index in [9.17, 15) is 4.79 Å². The maximum absolute atomic E-state index is 11.7. The van der Waals surface area contributed by atoms with Crippen molar-refractivity contribution >= 4 is 5.91 Å². The Balaban J connectivity index is 3.13. The molecule has 0 saturated carbocycles. The predicted molar refractivity (Wildman–Crippen MR) is 102 cm³/mol. The van der Waals surface area contributed by atoms with Gasteiger partial charge in [-0.15, -0.1) is 0 Å². The summed E-state index contributed by atoms with van der Waals surface area (Å²) in [6, 6.07) is 0. The summed E-state index contributed by atoms with van der Waals surface area (Å²) < 4.78 is 0. The van der Waals surface area contributed by atoms with Crippen molar-refractivity contribution in [2.24, 2.45) is 5.73 Å². The lowest BCUT2D eigenvalue weighted by atomic mass is 10.1. The van der Waals surface area contributed by atoms with Crippen molar-refractivity contribution < 1.29 is 9.90 Å². The molecule has 0 aliphatic rings. The standard InChI is InChI=1S/C19H41N3O2/c20-14-12-16-21-15-9-10-17-22-19(24)13-8-6-4-2-1-3-5-7-11-18-23/h21,23H,1-18,20H2,(H,22,24). The highest BCUT2D eigenvalue weighted by Crippen LogP contribution is 2.10. The van der Waals surface area contributed by atoms with E-state index in [0.717, 1.165) is 71.1 Å². The van der Waals surface area contributed by atoms with Crippen molar-refractivity contribution in [3.63, 3.8) is 0 Å². The molecule has 5 N–H and O–H groups in total. The molecule has 0 saturated heterocycles. The molecule has 0 radical (unpaired) electrons. The van der Waals surface area contributed by atoms with Gasteiger partial charge in [0.05, 0.1) is 0 Å². The van der Waals surface area contributed by atoms with E-state index in [4.69, 9.17) is 10.8 Å². The second-order valence-corrected chi connectivity index (χ2v) is 6.60. The van der Waals surface area contributed by atoms with E-state index < -0.39 is 0 Å². The molecule has 0 bridgehead atoms. The van der Waals surface area contributed by atoms with E-state index in [1.165, 1.54) is 32.1 Å². The van der Waals surface area contributed by atoms with Crippen LogP contribution in [0.1, 0.15) is 83.5 Å². The largest absolute Gasteiger partial charge is 0.396 e. The normalized spacial score (nSPS) is 10.9. The average Bonchev–Trinajstić information content (AvgIpc) is 2.59. The SMILES string of the molecule is NCCCNCCCCNC(=O)CCCCCCCCCCCO. The number of unbranched alkanes of at least 4 members (excludes halogenated alkanes) is 9. The number of nitrogens with two attached hydrogens (primary N) is 1. The van der Waals surface area contributed by atoms with E-state index >= 15 is 0 Å². The van der Waals surface area contributed by atoms with E-state index in [1.807, 2.05) is 0 Å². The molecule has 0 aromatic carbocycles. The van der Waals surface area contributed by atoms with Crippen LogP contribution in [0.3, 0.4) is 0 Å². The molecule has 0 aliphatic heterocycles. The number of aliphatic hydroxyl groups is 1. The zero-order valence-electron chi connectivity index (χ0n) is 15.7. The third-order valence-corrected chi connectivity index (χ3v) is 4.22. The minimum absolute atomic E-state index is 0.204. The molecule has 5 nitrogen and oxygen atoms in total. The van der Waals surface area contributed by atoms with Gasteiger partial charge in [0.1, 0.15) is 0 Å². The zero-order chi connectivity index (χ0) is 17.7. The van der Waals surface area contributed by atoms with Crippen LogP contribution in [0.5, 0.6) is 0 Å². The summed E-state index contributed by atoms with van der Waals surface area (Å²) in [6.45, 7) is 3.87. The number of aliphatic hydroxyl groups excluding tert-OH is 1. The van der Waals surface area contributed by atoms with Gasteiger partial charge in [0.15, 0.2) is 0 Å². The number of rotatable bonds is 19. The predicted octanol–water partition coefficient (Wildman–Crippen LogP) is 2.71. The molecular formula is C19H41N3O2. The monoisotopic (exact) mass is 343 g/mol. The van der Waals surface area contributed by atoms with Crippen molar-refractivity contribution in [3.05, 3.63) is 0 Å². The second-order valence-electron chi connectivity index (χ2n) is 6.60. The molecule has 1 amide bonds. The lowest BCUT2D eigenvalue weighted by molar-refractivity contribution is -0.121. The number of hydrogen-bond acceptors (Lipinski definition) is 4. The first-order valence-electron chi connectivity index (χ1n) is 10.1. The minimum atomic E-state index is 0.204. The summed E-state index contributed by atoms with van der Waals surface area (Å²) >= 11 is 0. The van der Waals surface area contributed by atoms with Crippen LogP contribution in [0.4, 0.5) is 0 Å². The summed E-state index contributed by atoms with van der Waals surface area (Å²) in [5.41, 5.74) is 5.43. The van der Waals surface area contributed by atoms with E-state index in [0.29, 0.717) is 13.0 Å². The fourth-order valence-corrected chi connectivity index (χ4v) is 2.68. The summed E-state index contributed by atoms with van der Waals surface area (Å²) in [5.74, 6) is 0.204. The van der Waals surface area contributed by atoms with Gasteiger partial charge in [0, 0.05) is 19.6 Å². The molecule has 0 heterocycles. The van der Waals surface area contributed by atoms with Crippen LogP contribution in [0, 0.1) is 0 Å². The molecule has 0 unspecified atom stereocenters. The van der Waals surface area contributed by atoms with Gasteiger partial charge in [-0.05, 0) is 51.7 Å². The summed E-state index contributed by atoms with van der Waals surface area (Å²) in [7, 11) is 0. The van der Waals surface area contributed by atoms with Gasteiger partial charge in [-0.1, -0.05) is 44.9 Å². The second kappa shape index (κ2) is 20.4. The van der Waals surface area contributed by atoms with Gasteiger partial charge in [0.25, 0.3) is 0 Å². The number of nitrogens with one attached hydrogen (secondary N) is 2. The van der Waals surface area contributed by atoms with Crippen LogP contribution in [0.2, 0.25) is 0 Å². The molecule has 0 aliphatic carbocycles. The summed E-state index contributed by atoms with van der Waals surface area (Å²) in [6.07, 6.45) is 14.4. The van der Waals surface area contributed by atoms with Gasteiger partial charge in [0.2, 0.25) is 5.91 Å². The molecule has 144 valence electrons. The topological polar surface area (TPSA) is 87.4 Å². The van der Waals surface area contributed by atoms with Gasteiger partial charge >= 0.3 is 0 Å². The lowest BCUT2D eigenvalue weighted by Gasteiger charge is -2.06. The molecule has 0 fully saturated rings. The molecule has 0 spiro atoms. The minimum Gasteiger partial charge on any atom is -0.396 e. The lowest BCUT2D eigenvalue weighted by Crippen LogP contribution is -2.25. The maximum atomic E-state index is 11.7. The molecular weight excluding hydrogens is 302 g/mol. The molecule has 24 heavy (non-hydrogen) atoms. The smallest absolute Gasteiger partial charge is 0.219 e. The summed E-state index contributed by atoms with van der Waals surface area (Å²) in [5, 5.41) is 15.0. The highest BCUT2D eigenvalue weighted by molar-refractivity contribution is 5.75. The molecule has 5 heteroatoms. The van der Waals surface area contributed by atoms with Crippen LogP contribution in [0.25, 0.3) is 0 Å². The van der Waals surface area contributed by atoms with E-state index in [2.05, 4.69) is 10.6 Å². The zero-order valence-corrected chi connectivity index (χ0v) is 15.7. The van der Waals surface area contributed by atoms with Crippen molar-refractivity contribution in [1.82, 2.24) is 10.6 Å². The highest BCUT2D eigenvalue weighted by Gasteiger charge is 2.00. The molecule has 0 atom stereocenters. The fraction of sp³-hybridized carbons (Fsp3) is 0.947. The highest BCUT2D eigenvalue weighted by atomic mass is 16.2. The van der Waals surface area contributed by atoms with Gasteiger partial charge in [-0.3, -0.25) is 4.79 Å². The number of carbonyl (C=O) groups is 1. The van der Waals surface area contributed by atoms with Crippen molar-refractivity contribution in [2.45, 2.75) is 83.5 Å². The fourth-order valence-electron chi connectivity index (χ4n) is 2.68. The van der Waals surface area contributed by atoms with Crippen LogP contribution in [-0.4, -0.2) is 43.8 Å². The maximum Gasteiger partial charge on any atom is 0.219 e. The number of carbonyl (C=O) groups excluding carboxylic acids is 1. The first kappa shape index (κ1) is 23.4. The van der Waals surface area contributed by atoms with Crippen molar-refractivity contribution in [3.8, 4) is 0 Å². The molecule has 0 aromatic rings. The van der Waals surface area contributed by atoms with E-state index in [1.54, 1.807) is 0 Å². The van der Waals surface area contributed by atoms with Gasteiger partial charge < -0.3 is 21.5 Å². The van der Waals surface area contributed by atoms with Crippen LogP contribution in [0.15, 0.2) is 0 Å². The molecule has 0 aromatic heterocycles. The third kappa shape index (κ3) is 19.4. The van der Waals surface area contributed by atoms with Crippen LogP contribution >= 0.6 is 0 Å². The first-order chi connectivity index (χ1) is 11.8. The Kier molecular flexibility index (Phi) is 19.8. The molecule has 0 rings (SSSR count). The Labute approximate surface area is 149 Å². The van der Waals surface area contributed by atoms with Crippen LogP contribution < -0.4 is 16.4 Å². The Morgan fingerprint density at radius 1 is 0.708 bits per heavy atom. The Bertz CT molecular complexity index is 263. The van der Waals surface area contributed by atoms with Gasteiger partial charge in [-0.25, -0.2) is 0 Å². The van der Waals surface area contributed by atoms with Crippen molar-refractivity contribution in [1.29, 1.82) is 0 Å². The Hall–Kier alpha value is -0.650. The Morgan fingerprint density at radius 2 is 1.25 bits per heavy atom. The Morgan fingerprint density at radius 3 is 1.88 bits per heavy atom. The quantitative estimate of drug-likeness (QED) is 0.272. The van der Waals surface area contributed by atoms with Crippen LogP contribution in [-0.2, 0) is 4.79 Å². The van der Waals surface area contributed by atoms with Gasteiger partial charge in [-0.2, -0.15) is 0 Å². The van der Waals surface area contributed by atoms with E-state index in [-0.39, 0.29) is 5.91 Å². The summed E-state index contributed by atoms with van der Waals surface area (Å²) in [4.78, 5) is 11.7.